The third kappa shape index (κ3) is 24.9. The number of rotatable bonds is 28. The second kappa shape index (κ2) is 27.0. The molecule has 51 heavy (non-hydrogen) atoms. The zero-order valence-electron chi connectivity index (χ0n) is 27.5. The molecule has 0 radical (unpaired) electrons. The smallest absolute Gasteiger partial charge is 0.326 e. The molecule has 0 aliphatic rings. The summed E-state index contributed by atoms with van der Waals surface area (Å²) in [5.41, 5.74) is 6.00. The highest BCUT2D eigenvalue weighted by atomic mass is 32.1. The summed E-state index contributed by atoms with van der Waals surface area (Å²) in [5.74, 6) is -1.50. The van der Waals surface area contributed by atoms with E-state index in [0.717, 1.165) is 12.8 Å². The van der Waals surface area contributed by atoms with Gasteiger partial charge in [0.25, 0.3) is 0 Å². The minimum atomic E-state index is -1.50. The first-order valence-corrected chi connectivity index (χ1v) is 16.4. The highest BCUT2D eigenvalue weighted by molar-refractivity contribution is 7.81. The van der Waals surface area contributed by atoms with Gasteiger partial charge in [-0.2, -0.15) is 12.6 Å². The first kappa shape index (κ1) is 48.3. The van der Waals surface area contributed by atoms with Crippen LogP contribution in [-0.2, 0) is 33.6 Å². The number of hydrogen-bond donors (Lipinski definition) is 12. The topological polar surface area (TPSA) is 341 Å². The number of carboxylic acids is 5. The van der Waals surface area contributed by atoms with Crippen LogP contribution in [0.5, 0.6) is 0 Å². The minimum absolute atomic E-state index is 0. The van der Waals surface area contributed by atoms with Gasteiger partial charge in [0, 0.05) is 50.7 Å². The summed E-state index contributed by atoms with van der Waals surface area (Å²) in [6.45, 7) is 0.658. The average Bonchev–Trinajstić information content (AvgIpc) is 3.01. The number of nitrogens with two attached hydrogens (primary N) is 2. The lowest BCUT2D eigenvalue weighted by Gasteiger charge is -2.18. The van der Waals surface area contributed by atoms with Crippen LogP contribution in [-0.4, -0.2) is 115 Å². The Hall–Kier alpha value is -4.79. The van der Waals surface area contributed by atoms with Crippen LogP contribution in [0.15, 0.2) is 11.9 Å². The van der Waals surface area contributed by atoms with Gasteiger partial charge in [0.15, 0.2) is 0 Å². The number of unbranched alkanes of at least 4 members (excludes halogenated alkanes) is 4. The first-order chi connectivity index (χ1) is 23.4. The fraction of sp³-hybridized carbons (Fsp3) is 0.667. The van der Waals surface area contributed by atoms with Crippen LogP contribution in [0.25, 0.3) is 0 Å². The molecule has 0 aromatic carbocycles. The van der Waals surface area contributed by atoms with E-state index in [1.165, 1.54) is 11.2 Å². The van der Waals surface area contributed by atoms with Crippen molar-refractivity contribution in [1.82, 2.24) is 26.3 Å². The maximum Gasteiger partial charge on any atom is 0.326 e. The number of carboxylic acid groups (broad SMARTS) is 5. The SMILES string of the molecule is C.N/C(=C\N(N)CCCCCCC(=O)NCCCCC(NC(=O)NC(CCC(=O)O)C(=O)O)C(=O)O)CC(NC(=O)CCC(S)C(=O)O)C(=O)O. The number of carbonyl (C=O) groups is 8. The summed E-state index contributed by atoms with van der Waals surface area (Å²) in [6, 6.07) is -5.22. The van der Waals surface area contributed by atoms with Crippen molar-refractivity contribution in [3.63, 3.8) is 0 Å². The molecular weight excluding hydrogens is 698 g/mol. The van der Waals surface area contributed by atoms with E-state index >= 15 is 0 Å². The summed E-state index contributed by atoms with van der Waals surface area (Å²) < 4.78 is 0. The van der Waals surface area contributed by atoms with Gasteiger partial charge >= 0.3 is 35.9 Å². The molecule has 292 valence electrons. The van der Waals surface area contributed by atoms with E-state index in [2.05, 4.69) is 28.6 Å². The molecule has 0 saturated heterocycles. The van der Waals surface area contributed by atoms with Crippen molar-refractivity contribution in [3.8, 4) is 0 Å². The van der Waals surface area contributed by atoms with E-state index in [4.69, 9.17) is 26.9 Å². The molecule has 13 N–H and O–H groups in total. The second-order valence-electron chi connectivity index (χ2n) is 11.3. The zero-order chi connectivity index (χ0) is 38.2. The standard InChI is InChI=1S/C29H49N7O13S.CH4/c30-17(15-20(27(45)46)33-23(38)11-10-21(50)28(47)48)16-36(31)14-6-2-1-3-8-22(37)32-13-5-4-7-18(25(41)42)34-29(49)35-19(26(43)44)9-12-24(39)40;/h16,18-21,50H,1-15,30-31H2,(H,32,37)(H,33,38)(H,39,40)(H,41,42)(H,43,44)(H,45,46)(H,47,48)(H2,34,35,49);1H4/b17-16-;. The Balaban J connectivity index is 0. The zero-order valence-corrected chi connectivity index (χ0v) is 28.4. The number of urea groups is 1. The molecule has 4 atom stereocenters. The van der Waals surface area contributed by atoms with Gasteiger partial charge in [0.05, 0.1) is 5.25 Å². The molecule has 20 nitrogen and oxygen atoms in total. The monoisotopic (exact) mass is 751 g/mol. The van der Waals surface area contributed by atoms with Gasteiger partial charge in [-0.15, -0.1) is 0 Å². The number of carbonyl (C=O) groups excluding carboxylic acids is 3. The van der Waals surface area contributed by atoms with E-state index in [9.17, 15) is 48.6 Å². The largest absolute Gasteiger partial charge is 0.481 e. The number of aliphatic carboxylic acids is 5. The summed E-state index contributed by atoms with van der Waals surface area (Å²) in [4.78, 5) is 91.8. The van der Waals surface area contributed by atoms with E-state index in [-0.39, 0.29) is 64.1 Å². The number of nitrogens with one attached hydrogen (secondary N) is 4. The van der Waals surface area contributed by atoms with Crippen molar-refractivity contribution in [1.29, 1.82) is 0 Å². The van der Waals surface area contributed by atoms with Gasteiger partial charge in [-0.25, -0.2) is 25.0 Å². The van der Waals surface area contributed by atoms with Crippen LogP contribution < -0.4 is 32.8 Å². The number of amides is 4. The minimum Gasteiger partial charge on any atom is -0.481 e. The summed E-state index contributed by atoms with van der Waals surface area (Å²) in [7, 11) is 0. The number of hydrogen-bond acceptors (Lipinski definition) is 12. The summed E-state index contributed by atoms with van der Waals surface area (Å²) in [6.07, 6.45) is 3.64. The van der Waals surface area contributed by atoms with Crippen molar-refractivity contribution in [2.24, 2.45) is 11.6 Å². The van der Waals surface area contributed by atoms with Crippen LogP contribution in [0.2, 0.25) is 0 Å². The molecule has 4 unspecified atom stereocenters. The lowest BCUT2D eigenvalue weighted by molar-refractivity contribution is -0.142. The number of nitrogens with zero attached hydrogens (tertiary/aromatic N) is 1. The van der Waals surface area contributed by atoms with E-state index < -0.39 is 71.6 Å². The molecule has 0 aliphatic carbocycles. The van der Waals surface area contributed by atoms with E-state index in [0.29, 0.717) is 32.2 Å². The Labute approximate surface area is 301 Å². The molecule has 0 saturated carbocycles. The normalized spacial score (nSPS) is 13.3. The molecule has 0 fully saturated rings. The van der Waals surface area contributed by atoms with Gasteiger partial charge in [-0.1, -0.05) is 20.3 Å². The number of hydrazine groups is 1. The first-order valence-electron chi connectivity index (χ1n) is 15.8. The Kier molecular flexibility index (Phi) is 25.6. The van der Waals surface area contributed by atoms with E-state index in [1.54, 1.807) is 0 Å². The van der Waals surface area contributed by atoms with Crippen molar-refractivity contribution in [3.05, 3.63) is 11.9 Å². The molecule has 0 aliphatic heterocycles. The third-order valence-electron chi connectivity index (χ3n) is 7.00. The Bertz CT molecular complexity index is 1200. The molecular formula is C30H53N7O13S. The lowest BCUT2D eigenvalue weighted by Crippen LogP contribution is -2.51. The fourth-order valence-electron chi connectivity index (χ4n) is 4.29. The van der Waals surface area contributed by atoms with Gasteiger partial charge in [0.2, 0.25) is 11.8 Å². The van der Waals surface area contributed by atoms with Crippen LogP contribution in [0.1, 0.15) is 90.9 Å². The fourth-order valence-corrected chi connectivity index (χ4v) is 4.42. The van der Waals surface area contributed by atoms with Crippen molar-refractivity contribution >= 4 is 60.3 Å². The number of thiol groups is 1. The Morgan fingerprint density at radius 2 is 1.22 bits per heavy atom. The van der Waals surface area contributed by atoms with Crippen molar-refractivity contribution in [2.75, 3.05) is 13.1 Å². The molecule has 0 spiro atoms. The highest BCUT2D eigenvalue weighted by Crippen LogP contribution is 2.09. The molecule has 0 bridgehead atoms. The van der Waals surface area contributed by atoms with Gasteiger partial charge in [-0.3, -0.25) is 19.2 Å². The van der Waals surface area contributed by atoms with Crippen LogP contribution in [0.4, 0.5) is 4.79 Å². The van der Waals surface area contributed by atoms with Crippen LogP contribution >= 0.6 is 12.6 Å². The van der Waals surface area contributed by atoms with E-state index in [1.807, 2.05) is 5.32 Å². The molecule has 0 aromatic rings. The molecule has 0 heterocycles. The quantitative estimate of drug-likeness (QED) is 0.0217. The van der Waals surface area contributed by atoms with Gasteiger partial charge in [-0.05, 0) is 44.9 Å². The molecule has 4 amide bonds. The van der Waals surface area contributed by atoms with Gasteiger partial charge < -0.3 is 57.5 Å². The Morgan fingerprint density at radius 3 is 1.76 bits per heavy atom. The maximum absolute atomic E-state index is 12.1. The molecule has 0 rings (SSSR count). The summed E-state index contributed by atoms with van der Waals surface area (Å²) in [5, 5.41) is 54.8. The second-order valence-corrected chi connectivity index (χ2v) is 12.0. The van der Waals surface area contributed by atoms with Crippen molar-refractivity contribution < 1.29 is 63.9 Å². The lowest BCUT2D eigenvalue weighted by atomic mass is 10.1. The Morgan fingerprint density at radius 1 is 0.647 bits per heavy atom. The van der Waals surface area contributed by atoms with Gasteiger partial charge in [0.1, 0.15) is 18.1 Å². The van der Waals surface area contributed by atoms with Crippen molar-refractivity contribution in [2.45, 2.75) is 114 Å². The van der Waals surface area contributed by atoms with Crippen LogP contribution in [0, 0.1) is 0 Å². The maximum atomic E-state index is 12.1. The summed E-state index contributed by atoms with van der Waals surface area (Å²) >= 11 is 3.83. The predicted molar refractivity (Wildman–Crippen MR) is 185 cm³/mol. The molecule has 0 aromatic heterocycles. The van der Waals surface area contributed by atoms with Crippen LogP contribution in [0.3, 0.4) is 0 Å². The highest BCUT2D eigenvalue weighted by Gasteiger charge is 2.25. The predicted octanol–water partition coefficient (Wildman–Crippen LogP) is 0.0284. The third-order valence-corrected chi connectivity index (χ3v) is 7.48. The molecule has 21 heteroatoms. The average molecular weight is 752 g/mol.